The molecule has 1 rings (SSSR count). The highest BCUT2D eigenvalue weighted by Gasteiger charge is 2.25. The molecule has 1 heterocycles. The van der Waals surface area contributed by atoms with Crippen LogP contribution in [0.1, 0.15) is 40.0 Å². The zero-order valence-electron chi connectivity index (χ0n) is 8.47. The molecule has 1 aliphatic heterocycles. The smallest absolute Gasteiger partial charge is 0.0641 e. The van der Waals surface area contributed by atoms with Crippen molar-refractivity contribution in [2.45, 2.75) is 52.2 Å². The third-order valence-electron chi connectivity index (χ3n) is 2.75. The van der Waals surface area contributed by atoms with Gasteiger partial charge in [-0.25, -0.2) is 0 Å². The van der Waals surface area contributed by atoms with E-state index in [0.29, 0.717) is 18.1 Å². The van der Waals surface area contributed by atoms with Crippen LogP contribution in [0.4, 0.5) is 0 Å². The molecule has 1 heteroatoms. The van der Waals surface area contributed by atoms with Crippen molar-refractivity contribution >= 4 is 0 Å². The van der Waals surface area contributed by atoms with Crippen LogP contribution >= 0.6 is 0 Å². The predicted molar refractivity (Wildman–Crippen MR) is 52.2 cm³/mol. The number of hydrogen-bond donors (Lipinski definition) is 0. The first-order valence-corrected chi connectivity index (χ1v) is 4.95. The van der Waals surface area contributed by atoms with E-state index < -0.39 is 0 Å². The summed E-state index contributed by atoms with van der Waals surface area (Å²) in [6, 6.07) is 0. The summed E-state index contributed by atoms with van der Waals surface area (Å²) in [4.78, 5) is 0. The van der Waals surface area contributed by atoms with E-state index in [4.69, 9.17) is 4.74 Å². The highest BCUT2D eigenvalue weighted by atomic mass is 16.5. The molecule has 0 aromatic rings. The van der Waals surface area contributed by atoms with Crippen molar-refractivity contribution in [3.05, 3.63) is 12.2 Å². The van der Waals surface area contributed by atoms with Crippen molar-refractivity contribution < 1.29 is 4.74 Å². The van der Waals surface area contributed by atoms with Gasteiger partial charge in [-0.3, -0.25) is 0 Å². The average Bonchev–Trinajstić information content (AvgIpc) is 2.01. The lowest BCUT2D eigenvalue weighted by Crippen LogP contribution is -2.31. The Hall–Kier alpha value is -0.300. The van der Waals surface area contributed by atoms with Gasteiger partial charge in [0.05, 0.1) is 12.2 Å². The summed E-state index contributed by atoms with van der Waals surface area (Å²) >= 11 is 0. The van der Waals surface area contributed by atoms with E-state index in [1.54, 1.807) is 0 Å². The summed E-state index contributed by atoms with van der Waals surface area (Å²) in [5.41, 5.74) is 1.36. The van der Waals surface area contributed by atoms with Crippen molar-refractivity contribution in [2.75, 3.05) is 0 Å². The molecule has 0 aliphatic carbocycles. The molecule has 0 N–H and O–H groups in total. The monoisotopic (exact) mass is 168 g/mol. The van der Waals surface area contributed by atoms with E-state index >= 15 is 0 Å². The summed E-state index contributed by atoms with van der Waals surface area (Å²) < 4.78 is 5.85. The minimum Gasteiger partial charge on any atom is -0.374 e. The fourth-order valence-corrected chi connectivity index (χ4v) is 1.77. The Kier molecular flexibility index (Phi) is 3.33. The van der Waals surface area contributed by atoms with Crippen LogP contribution in [-0.4, -0.2) is 12.2 Å². The van der Waals surface area contributed by atoms with Gasteiger partial charge in [0.25, 0.3) is 0 Å². The third-order valence-corrected chi connectivity index (χ3v) is 2.75. The molecule has 0 radical (unpaired) electrons. The molecule has 1 fully saturated rings. The molecule has 0 spiro atoms. The molecule has 3 unspecified atom stereocenters. The van der Waals surface area contributed by atoms with Gasteiger partial charge in [0.15, 0.2) is 0 Å². The van der Waals surface area contributed by atoms with E-state index in [0.717, 1.165) is 12.8 Å². The zero-order chi connectivity index (χ0) is 9.14. The maximum Gasteiger partial charge on any atom is 0.0641 e. The molecule has 1 saturated heterocycles. The quantitative estimate of drug-likeness (QED) is 0.575. The Labute approximate surface area is 75.8 Å². The minimum absolute atomic E-state index is 0.380. The second-order valence-corrected chi connectivity index (χ2v) is 4.03. The van der Waals surface area contributed by atoms with Crippen LogP contribution in [0.15, 0.2) is 12.2 Å². The molecule has 0 aromatic carbocycles. The number of rotatable bonds is 2. The maximum absolute atomic E-state index is 5.85. The van der Waals surface area contributed by atoms with Crippen LogP contribution in [0.5, 0.6) is 0 Å². The van der Waals surface area contributed by atoms with E-state index in [-0.39, 0.29) is 0 Å². The SMILES string of the molecule is C=C1CC(C)OC(C(C)CC)C1. The van der Waals surface area contributed by atoms with E-state index in [1.165, 1.54) is 12.0 Å². The highest BCUT2D eigenvalue weighted by Crippen LogP contribution is 2.28. The topological polar surface area (TPSA) is 9.23 Å². The van der Waals surface area contributed by atoms with Crippen LogP contribution in [0.2, 0.25) is 0 Å². The molecule has 70 valence electrons. The Balaban J connectivity index is 2.49. The van der Waals surface area contributed by atoms with E-state index in [9.17, 15) is 0 Å². The summed E-state index contributed by atoms with van der Waals surface area (Å²) in [6.07, 6.45) is 4.12. The molecular formula is C11H20O. The van der Waals surface area contributed by atoms with Crippen molar-refractivity contribution in [2.24, 2.45) is 5.92 Å². The van der Waals surface area contributed by atoms with Gasteiger partial charge in [0, 0.05) is 0 Å². The predicted octanol–water partition coefficient (Wildman–Crippen LogP) is 3.16. The van der Waals surface area contributed by atoms with Crippen LogP contribution in [-0.2, 0) is 4.74 Å². The second-order valence-electron chi connectivity index (χ2n) is 4.03. The van der Waals surface area contributed by atoms with Crippen molar-refractivity contribution in [1.29, 1.82) is 0 Å². The van der Waals surface area contributed by atoms with Gasteiger partial charge in [-0.05, 0) is 25.7 Å². The molecular weight excluding hydrogens is 148 g/mol. The van der Waals surface area contributed by atoms with Gasteiger partial charge >= 0.3 is 0 Å². The maximum atomic E-state index is 5.85. The van der Waals surface area contributed by atoms with Gasteiger partial charge in [0.2, 0.25) is 0 Å². The minimum atomic E-state index is 0.380. The Morgan fingerprint density at radius 1 is 1.58 bits per heavy atom. The fraction of sp³-hybridized carbons (Fsp3) is 0.818. The molecule has 0 aromatic heterocycles. The number of ether oxygens (including phenoxy) is 1. The Bertz CT molecular complexity index is 162. The lowest BCUT2D eigenvalue weighted by molar-refractivity contribution is -0.0484. The van der Waals surface area contributed by atoms with Gasteiger partial charge in [-0.1, -0.05) is 32.4 Å². The van der Waals surface area contributed by atoms with Crippen molar-refractivity contribution in [1.82, 2.24) is 0 Å². The van der Waals surface area contributed by atoms with Gasteiger partial charge in [0.1, 0.15) is 0 Å². The molecule has 0 amide bonds. The normalized spacial score (nSPS) is 33.4. The second kappa shape index (κ2) is 4.08. The molecule has 1 aliphatic rings. The lowest BCUT2D eigenvalue weighted by atomic mass is 9.91. The van der Waals surface area contributed by atoms with E-state index in [2.05, 4.69) is 27.4 Å². The van der Waals surface area contributed by atoms with Crippen LogP contribution < -0.4 is 0 Å². The molecule has 0 saturated carbocycles. The van der Waals surface area contributed by atoms with E-state index in [1.807, 2.05) is 0 Å². The Morgan fingerprint density at radius 2 is 2.25 bits per heavy atom. The summed E-state index contributed by atoms with van der Waals surface area (Å²) in [6.45, 7) is 10.7. The largest absolute Gasteiger partial charge is 0.374 e. The molecule has 1 nitrogen and oxygen atoms in total. The van der Waals surface area contributed by atoms with Gasteiger partial charge in [-0.15, -0.1) is 0 Å². The zero-order valence-corrected chi connectivity index (χ0v) is 8.47. The standard InChI is InChI=1S/C11H20O/c1-5-9(3)11-7-8(2)6-10(4)12-11/h9-11H,2,5-7H2,1,3-4H3. The summed E-state index contributed by atoms with van der Waals surface area (Å²) in [7, 11) is 0. The first kappa shape index (κ1) is 9.79. The molecule has 0 bridgehead atoms. The first-order valence-electron chi connectivity index (χ1n) is 4.95. The van der Waals surface area contributed by atoms with Crippen LogP contribution in [0, 0.1) is 5.92 Å². The molecule has 12 heavy (non-hydrogen) atoms. The average molecular weight is 168 g/mol. The summed E-state index contributed by atoms with van der Waals surface area (Å²) in [5.74, 6) is 0.671. The van der Waals surface area contributed by atoms with Crippen molar-refractivity contribution in [3.8, 4) is 0 Å². The van der Waals surface area contributed by atoms with Crippen LogP contribution in [0.25, 0.3) is 0 Å². The highest BCUT2D eigenvalue weighted by molar-refractivity contribution is 5.02. The van der Waals surface area contributed by atoms with Crippen molar-refractivity contribution in [3.63, 3.8) is 0 Å². The Morgan fingerprint density at radius 3 is 2.75 bits per heavy atom. The summed E-state index contributed by atoms with van der Waals surface area (Å²) in [5, 5.41) is 0. The third kappa shape index (κ3) is 2.34. The van der Waals surface area contributed by atoms with Gasteiger partial charge in [-0.2, -0.15) is 0 Å². The number of hydrogen-bond acceptors (Lipinski definition) is 1. The molecule has 3 atom stereocenters. The first-order chi connectivity index (χ1) is 5.63. The van der Waals surface area contributed by atoms with Crippen LogP contribution in [0.3, 0.4) is 0 Å². The van der Waals surface area contributed by atoms with Gasteiger partial charge < -0.3 is 4.74 Å². The lowest BCUT2D eigenvalue weighted by Gasteiger charge is -2.33. The fourth-order valence-electron chi connectivity index (χ4n) is 1.77.